The Morgan fingerprint density at radius 2 is 1.85 bits per heavy atom. The lowest BCUT2D eigenvalue weighted by atomic mass is 10.0. The van der Waals surface area contributed by atoms with E-state index in [-0.39, 0.29) is 18.3 Å². The summed E-state index contributed by atoms with van der Waals surface area (Å²) in [7, 11) is 1.87. The van der Waals surface area contributed by atoms with E-state index in [9.17, 15) is 4.79 Å². The van der Waals surface area contributed by atoms with Gasteiger partial charge in [-0.25, -0.2) is 4.98 Å². The van der Waals surface area contributed by atoms with Crippen molar-refractivity contribution in [1.29, 1.82) is 0 Å². The van der Waals surface area contributed by atoms with Crippen molar-refractivity contribution in [3.8, 4) is 11.3 Å². The number of amides is 1. The van der Waals surface area contributed by atoms with Crippen LogP contribution >= 0.6 is 12.4 Å². The maximum atomic E-state index is 13.2. The molecule has 1 aliphatic heterocycles. The fraction of sp³-hybridized carbons (Fsp3) is 0.316. The third-order valence-corrected chi connectivity index (χ3v) is 4.67. The number of pyridine rings is 1. The molecular weight excluding hydrogens is 350 g/mol. The van der Waals surface area contributed by atoms with Crippen molar-refractivity contribution in [1.82, 2.24) is 25.0 Å². The van der Waals surface area contributed by atoms with Gasteiger partial charge < -0.3 is 10.2 Å². The van der Waals surface area contributed by atoms with E-state index in [4.69, 9.17) is 4.98 Å². The van der Waals surface area contributed by atoms with E-state index >= 15 is 0 Å². The summed E-state index contributed by atoms with van der Waals surface area (Å²) in [4.78, 5) is 19.9. The molecule has 7 heteroatoms. The lowest BCUT2D eigenvalue weighted by Crippen LogP contribution is -2.46. The van der Waals surface area contributed by atoms with Gasteiger partial charge in [-0.2, -0.15) is 5.10 Å². The molecule has 1 fully saturated rings. The molecule has 1 amide bonds. The average molecular weight is 372 g/mol. The Bertz CT molecular complexity index is 932. The summed E-state index contributed by atoms with van der Waals surface area (Å²) < 4.78 is 1.76. The summed E-state index contributed by atoms with van der Waals surface area (Å²) in [5.41, 5.74) is 4.07. The summed E-state index contributed by atoms with van der Waals surface area (Å²) in [5.74, 6) is 0.0576. The summed E-state index contributed by atoms with van der Waals surface area (Å²) in [5, 5.41) is 8.63. The second kappa shape index (κ2) is 7.43. The van der Waals surface area contributed by atoms with Crippen LogP contribution in [0.25, 0.3) is 22.3 Å². The number of aryl methyl sites for hydroxylation is 2. The molecule has 1 aliphatic rings. The predicted molar refractivity (Wildman–Crippen MR) is 105 cm³/mol. The van der Waals surface area contributed by atoms with Crippen LogP contribution in [0.2, 0.25) is 0 Å². The van der Waals surface area contributed by atoms with Crippen molar-refractivity contribution in [2.45, 2.75) is 6.92 Å². The first-order valence-electron chi connectivity index (χ1n) is 8.55. The molecule has 0 radical (unpaired) electrons. The van der Waals surface area contributed by atoms with Gasteiger partial charge in [0.15, 0.2) is 5.65 Å². The van der Waals surface area contributed by atoms with Crippen LogP contribution in [0, 0.1) is 6.92 Å². The fourth-order valence-electron chi connectivity index (χ4n) is 3.41. The van der Waals surface area contributed by atoms with Crippen LogP contribution in [0.3, 0.4) is 0 Å². The number of nitrogens with one attached hydrogen (secondary N) is 1. The zero-order chi connectivity index (χ0) is 17.4. The summed E-state index contributed by atoms with van der Waals surface area (Å²) >= 11 is 0. The summed E-state index contributed by atoms with van der Waals surface area (Å²) in [6.07, 6.45) is 0. The first-order valence-corrected chi connectivity index (χ1v) is 8.55. The largest absolute Gasteiger partial charge is 0.336 e. The molecule has 1 aromatic carbocycles. The first kappa shape index (κ1) is 18.4. The maximum Gasteiger partial charge on any atom is 0.254 e. The molecule has 0 bridgehead atoms. The highest BCUT2D eigenvalue weighted by Crippen LogP contribution is 2.27. The van der Waals surface area contributed by atoms with Gasteiger partial charge in [-0.05, 0) is 13.0 Å². The van der Waals surface area contributed by atoms with Crippen molar-refractivity contribution < 1.29 is 4.79 Å². The van der Waals surface area contributed by atoms with E-state index in [2.05, 4.69) is 10.4 Å². The lowest BCUT2D eigenvalue weighted by molar-refractivity contribution is 0.0737. The van der Waals surface area contributed by atoms with Gasteiger partial charge in [0.2, 0.25) is 0 Å². The molecule has 0 aliphatic carbocycles. The van der Waals surface area contributed by atoms with E-state index in [0.29, 0.717) is 5.56 Å². The van der Waals surface area contributed by atoms with E-state index in [1.54, 1.807) is 4.68 Å². The Morgan fingerprint density at radius 3 is 2.54 bits per heavy atom. The monoisotopic (exact) mass is 371 g/mol. The smallest absolute Gasteiger partial charge is 0.254 e. The molecule has 26 heavy (non-hydrogen) atoms. The first-order chi connectivity index (χ1) is 12.1. The van der Waals surface area contributed by atoms with Crippen LogP contribution < -0.4 is 5.32 Å². The standard InChI is InChI=1S/C19H21N5O.ClH/c1-13-17-15(19(25)24-10-8-20-9-11-24)12-16(14-6-4-3-5-7-14)21-18(17)23(2)22-13;/h3-7,12,20H,8-11H2,1-2H3;1H. The molecule has 6 nitrogen and oxygen atoms in total. The summed E-state index contributed by atoms with van der Waals surface area (Å²) in [6.45, 7) is 5.04. The van der Waals surface area contributed by atoms with Crippen LogP contribution in [-0.4, -0.2) is 51.8 Å². The quantitative estimate of drug-likeness (QED) is 0.751. The lowest BCUT2D eigenvalue weighted by Gasteiger charge is -2.27. The van der Waals surface area contributed by atoms with E-state index in [1.165, 1.54) is 0 Å². The number of benzene rings is 1. The van der Waals surface area contributed by atoms with Gasteiger partial charge >= 0.3 is 0 Å². The highest BCUT2D eigenvalue weighted by molar-refractivity contribution is 6.07. The molecule has 136 valence electrons. The van der Waals surface area contributed by atoms with Gasteiger partial charge in [0.25, 0.3) is 5.91 Å². The minimum Gasteiger partial charge on any atom is -0.336 e. The molecule has 0 atom stereocenters. The number of nitrogens with zero attached hydrogens (tertiary/aromatic N) is 4. The molecule has 3 aromatic rings. The van der Waals surface area contributed by atoms with Crippen molar-refractivity contribution >= 4 is 29.3 Å². The Hall–Kier alpha value is -2.44. The van der Waals surface area contributed by atoms with Crippen LogP contribution in [0.1, 0.15) is 16.1 Å². The minimum absolute atomic E-state index is 0. The molecule has 1 saturated heterocycles. The van der Waals surface area contributed by atoms with Gasteiger partial charge in [-0.15, -0.1) is 12.4 Å². The van der Waals surface area contributed by atoms with Crippen molar-refractivity contribution in [3.05, 3.63) is 47.7 Å². The van der Waals surface area contributed by atoms with Gasteiger partial charge in [0.1, 0.15) is 0 Å². The zero-order valence-corrected chi connectivity index (χ0v) is 15.7. The minimum atomic E-state index is 0. The molecule has 3 heterocycles. The SMILES string of the molecule is Cc1nn(C)c2nc(-c3ccccc3)cc(C(=O)N3CCNCC3)c12.Cl. The van der Waals surface area contributed by atoms with E-state index < -0.39 is 0 Å². The maximum absolute atomic E-state index is 13.2. The molecule has 0 spiro atoms. The van der Waals surface area contributed by atoms with Crippen LogP contribution in [0.4, 0.5) is 0 Å². The molecule has 4 rings (SSSR count). The Morgan fingerprint density at radius 1 is 1.15 bits per heavy atom. The third-order valence-electron chi connectivity index (χ3n) is 4.67. The van der Waals surface area contributed by atoms with E-state index in [1.807, 2.05) is 55.3 Å². The molecule has 0 unspecified atom stereocenters. The number of fused-ring (bicyclic) bond motifs is 1. The number of hydrogen-bond acceptors (Lipinski definition) is 4. The molecule has 0 saturated carbocycles. The Balaban J connectivity index is 0.00000196. The Labute approximate surface area is 158 Å². The molecular formula is C19H22ClN5O. The van der Waals surface area contributed by atoms with Gasteiger partial charge in [-0.3, -0.25) is 9.48 Å². The van der Waals surface area contributed by atoms with Crippen LogP contribution in [-0.2, 0) is 7.05 Å². The number of hydrogen-bond donors (Lipinski definition) is 1. The average Bonchev–Trinajstić information content (AvgIpc) is 2.96. The number of carbonyl (C=O) groups excluding carboxylic acids is 1. The highest BCUT2D eigenvalue weighted by Gasteiger charge is 2.24. The summed E-state index contributed by atoms with van der Waals surface area (Å²) in [6, 6.07) is 11.9. The van der Waals surface area contributed by atoms with Crippen molar-refractivity contribution in [3.63, 3.8) is 0 Å². The number of halogens is 1. The number of piperazine rings is 1. The fourth-order valence-corrected chi connectivity index (χ4v) is 3.41. The highest BCUT2D eigenvalue weighted by atomic mass is 35.5. The van der Waals surface area contributed by atoms with Gasteiger partial charge in [0.05, 0.1) is 22.3 Å². The van der Waals surface area contributed by atoms with E-state index in [0.717, 1.165) is 54.2 Å². The number of rotatable bonds is 2. The zero-order valence-electron chi connectivity index (χ0n) is 14.9. The molecule has 2 aromatic heterocycles. The second-order valence-electron chi connectivity index (χ2n) is 6.37. The number of aromatic nitrogens is 3. The van der Waals surface area contributed by atoms with Crippen molar-refractivity contribution in [2.24, 2.45) is 7.05 Å². The van der Waals surface area contributed by atoms with Crippen molar-refractivity contribution in [2.75, 3.05) is 26.2 Å². The predicted octanol–water partition coefficient (Wildman–Crippen LogP) is 2.41. The third kappa shape index (κ3) is 3.18. The molecule has 1 N–H and O–H groups in total. The van der Waals surface area contributed by atoms with Gasteiger partial charge in [0, 0.05) is 38.8 Å². The van der Waals surface area contributed by atoms with Crippen LogP contribution in [0.5, 0.6) is 0 Å². The number of carbonyl (C=O) groups is 1. The topological polar surface area (TPSA) is 63.1 Å². The normalized spacial score (nSPS) is 14.3. The second-order valence-corrected chi connectivity index (χ2v) is 6.37. The van der Waals surface area contributed by atoms with Crippen LogP contribution in [0.15, 0.2) is 36.4 Å². The Kier molecular flexibility index (Phi) is 5.25. The van der Waals surface area contributed by atoms with Gasteiger partial charge in [-0.1, -0.05) is 30.3 Å².